The summed E-state index contributed by atoms with van der Waals surface area (Å²) < 4.78 is 0. The largest absolute Gasteiger partial charge is 0.248 e. The molecule has 0 amide bonds. The minimum atomic E-state index is 0.202. The van der Waals surface area contributed by atoms with E-state index in [1.807, 2.05) is 18.2 Å². The van der Waals surface area contributed by atoms with Gasteiger partial charge in [-0.25, -0.2) is 4.98 Å². The molecule has 0 aliphatic rings. The third-order valence-electron chi connectivity index (χ3n) is 2.37. The summed E-state index contributed by atoms with van der Waals surface area (Å²) in [6, 6.07) is 12.4. The second-order valence-electron chi connectivity index (χ2n) is 5.13. The van der Waals surface area contributed by atoms with Crippen molar-refractivity contribution >= 4 is 17.0 Å². The lowest BCUT2D eigenvalue weighted by molar-refractivity contribution is 0.547. The summed E-state index contributed by atoms with van der Waals surface area (Å²) in [5, 5.41) is 1.19. The number of para-hydroxylation sites is 1. The highest BCUT2D eigenvalue weighted by atomic mass is 14.7. The highest BCUT2D eigenvalue weighted by molar-refractivity contribution is 5.79. The zero-order valence-electron chi connectivity index (χ0n) is 10.1. The Bertz CT molecular complexity index is 518. The molecule has 0 fully saturated rings. The van der Waals surface area contributed by atoms with Gasteiger partial charge in [-0.3, -0.25) is 0 Å². The molecular weight excluding hydrogens is 194 g/mol. The van der Waals surface area contributed by atoms with Gasteiger partial charge in [0.25, 0.3) is 0 Å². The van der Waals surface area contributed by atoms with Gasteiger partial charge in [0.15, 0.2) is 0 Å². The standard InChI is InChI=1S/C15H17N/c1-15(2,3)11-10-13-9-8-12-6-4-5-7-14(12)16-13/h4-11H,1-3H3/b11-10+. The zero-order valence-corrected chi connectivity index (χ0v) is 10.1. The lowest BCUT2D eigenvalue weighted by Gasteiger charge is -2.10. The molecule has 1 aromatic heterocycles. The van der Waals surface area contributed by atoms with E-state index in [0.717, 1.165) is 11.2 Å². The first-order valence-corrected chi connectivity index (χ1v) is 5.60. The Morgan fingerprint density at radius 2 is 1.75 bits per heavy atom. The quantitative estimate of drug-likeness (QED) is 0.685. The maximum absolute atomic E-state index is 4.59. The fourth-order valence-corrected chi connectivity index (χ4v) is 1.51. The van der Waals surface area contributed by atoms with Crippen LogP contribution in [0.2, 0.25) is 0 Å². The van der Waals surface area contributed by atoms with Gasteiger partial charge in [0.2, 0.25) is 0 Å². The Morgan fingerprint density at radius 1 is 1.00 bits per heavy atom. The van der Waals surface area contributed by atoms with Crippen LogP contribution in [0.1, 0.15) is 26.5 Å². The lowest BCUT2D eigenvalue weighted by Crippen LogP contribution is -1.98. The molecule has 2 aromatic rings. The highest BCUT2D eigenvalue weighted by Crippen LogP contribution is 2.18. The Labute approximate surface area is 96.8 Å². The Kier molecular flexibility index (Phi) is 2.78. The van der Waals surface area contributed by atoms with E-state index in [9.17, 15) is 0 Å². The molecular formula is C15H17N. The van der Waals surface area contributed by atoms with Crippen molar-refractivity contribution in [3.05, 3.63) is 48.2 Å². The fourth-order valence-electron chi connectivity index (χ4n) is 1.51. The van der Waals surface area contributed by atoms with E-state index in [1.54, 1.807) is 0 Å². The molecule has 1 nitrogen and oxygen atoms in total. The van der Waals surface area contributed by atoms with Crippen LogP contribution in [0.3, 0.4) is 0 Å². The summed E-state index contributed by atoms with van der Waals surface area (Å²) in [5.74, 6) is 0. The van der Waals surface area contributed by atoms with Crippen LogP contribution in [-0.4, -0.2) is 4.98 Å². The number of rotatable bonds is 1. The number of benzene rings is 1. The first-order valence-electron chi connectivity index (χ1n) is 5.60. The predicted molar refractivity (Wildman–Crippen MR) is 70.2 cm³/mol. The van der Waals surface area contributed by atoms with E-state index >= 15 is 0 Å². The topological polar surface area (TPSA) is 12.9 Å². The van der Waals surface area contributed by atoms with Crippen molar-refractivity contribution in [2.45, 2.75) is 20.8 Å². The van der Waals surface area contributed by atoms with Gasteiger partial charge in [0.05, 0.1) is 11.2 Å². The van der Waals surface area contributed by atoms with Crippen LogP contribution in [0.5, 0.6) is 0 Å². The zero-order chi connectivity index (χ0) is 11.6. The van der Waals surface area contributed by atoms with E-state index in [4.69, 9.17) is 0 Å². The van der Waals surface area contributed by atoms with Gasteiger partial charge < -0.3 is 0 Å². The number of hydrogen-bond acceptors (Lipinski definition) is 1. The summed E-state index contributed by atoms with van der Waals surface area (Å²) in [4.78, 5) is 4.59. The van der Waals surface area contributed by atoms with Crippen LogP contribution in [0.25, 0.3) is 17.0 Å². The molecule has 0 atom stereocenters. The minimum Gasteiger partial charge on any atom is -0.248 e. The first kappa shape index (κ1) is 10.9. The number of nitrogens with zero attached hydrogens (tertiary/aromatic N) is 1. The van der Waals surface area contributed by atoms with Crippen molar-refractivity contribution in [3.63, 3.8) is 0 Å². The number of fused-ring (bicyclic) bond motifs is 1. The average molecular weight is 211 g/mol. The van der Waals surface area contributed by atoms with Crippen LogP contribution in [0, 0.1) is 5.41 Å². The summed E-state index contributed by atoms with van der Waals surface area (Å²) >= 11 is 0. The van der Waals surface area contributed by atoms with Crippen LogP contribution in [-0.2, 0) is 0 Å². The Hall–Kier alpha value is -1.63. The summed E-state index contributed by atoms with van der Waals surface area (Å²) in [5.41, 5.74) is 2.28. The van der Waals surface area contributed by atoms with Crippen molar-refractivity contribution in [1.82, 2.24) is 4.98 Å². The highest BCUT2D eigenvalue weighted by Gasteiger charge is 2.03. The first-order chi connectivity index (χ1) is 7.54. The molecule has 16 heavy (non-hydrogen) atoms. The molecule has 82 valence electrons. The minimum absolute atomic E-state index is 0.202. The molecule has 1 heterocycles. The van der Waals surface area contributed by atoms with Gasteiger partial charge >= 0.3 is 0 Å². The smallest absolute Gasteiger partial charge is 0.0709 e. The fraction of sp³-hybridized carbons (Fsp3) is 0.267. The van der Waals surface area contributed by atoms with E-state index < -0.39 is 0 Å². The molecule has 0 saturated carbocycles. The van der Waals surface area contributed by atoms with Crippen molar-refractivity contribution in [2.24, 2.45) is 5.41 Å². The van der Waals surface area contributed by atoms with Gasteiger partial charge in [0.1, 0.15) is 0 Å². The third kappa shape index (κ3) is 2.69. The van der Waals surface area contributed by atoms with E-state index in [0.29, 0.717) is 0 Å². The third-order valence-corrected chi connectivity index (χ3v) is 2.37. The second-order valence-corrected chi connectivity index (χ2v) is 5.13. The molecule has 0 bridgehead atoms. The molecule has 0 radical (unpaired) electrons. The van der Waals surface area contributed by atoms with Gasteiger partial charge in [-0.05, 0) is 23.6 Å². The van der Waals surface area contributed by atoms with Crippen LogP contribution < -0.4 is 0 Å². The molecule has 0 N–H and O–H groups in total. The predicted octanol–water partition coefficient (Wildman–Crippen LogP) is 4.29. The molecule has 2 rings (SSSR count). The number of hydrogen-bond donors (Lipinski definition) is 0. The molecule has 0 saturated heterocycles. The van der Waals surface area contributed by atoms with Crippen LogP contribution >= 0.6 is 0 Å². The van der Waals surface area contributed by atoms with Crippen molar-refractivity contribution < 1.29 is 0 Å². The Balaban J connectivity index is 2.37. The monoisotopic (exact) mass is 211 g/mol. The summed E-state index contributed by atoms with van der Waals surface area (Å²) in [6.07, 6.45) is 4.27. The second kappa shape index (κ2) is 4.09. The molecule has 0 aliphatic heterocycles. The van der Waals surface area contributed by atoms with Crippen molar-refractivity contribution in [2.75, 3.05) is 0 Å². The van der Waals surface area contributed by atoms with Crippen molar-refractivity contribution in [3.8, 4) is 0 Å². The van der Waals surface area contributed by atoms with Gasteiger partial charge in [-0.2, -0.15) is 0 Å². The molecule has 0 spiro atoms. The van der Waals surface area contributed by atoms with Gasteiger partial charge in [-0.15, -0.1) is 0 Å². The average Bonchev–Trinajstić information content (AvgIpc) is 2.25. The molecule has 1 heteroatoms. The van der Waals surface area contributed by atoms with Gasteiger partial charge in [0, 0.05) is 5.39 Å². The summed E-state index contributed by atoms with van der Waals surface area (Å²) in [6.45, 7) is 6.56. The number of allylic oxidation sites excluding steroid dienone is 1. The Morgan fingerprint density at radius 3 is 2.50 bits per heavy atom. The number of aromatic nitrogens is 1. The van der Waals surface area contributed by atoms with Crippen LogP contribution in [0.4, 0.5) is 0 Å². The summed E-state index contributed by atoms with van der Waals surface area (Å²) in [7, 11) is 0. The lowest BCUT2D eigenvalue weighted by atomic mass is 9.96. The van der Waals surface area contributed by atoms with E-state index in [1.165, 1.54) is 5.39 Å². The molecule has 0 aliphatic carbocycles. The SMILES string of the molecule is CC(C)(C)/C=C/c1ccc2ccccc2n1. The van der Waals surface area contributed by atoms with Gasteiger partial charge in [-0.1, -0.05) is 51.1 Å². The van der Waals surface area contributed by atoms with E-state index in [-0.39, 0.29) is 5.41 Å². The normalized spacial score (nSPS) is 12.4. The molecule has 0 unspecified atom stereocenters. The molecule has 1 aromatic carbocycles. The van der Waals surface area contributed by atoms with Crippen LogP contribution in [0.15, 0.2) is 42.5 Å². The van der Waals surface area contributed by atoms with E-state index in [2.05, 4.69) is 56.1 Å². The number of pyridine rings is 1. The van der Waals surface area contributed by atoms with Crippen molar-refractivity contribution in [1.29, 1.82) is 0 Å². The maximum Gasteiger partial charge on any atom is 0.0709 e. The maximum atomic E-state index is 4.59.